The lowest BCUT2D eigenvalue weighted by atomic mass is 9.91. The maximum atomic E-state index is 11.9. The van der Waals surface area contributed by atoms with Gasteiger partial charge in [-0.15, -0.1) is 0 Å². The van der Waals surface area contributed by atoms with E-state index in [1.165, 1.54) is 7.11 Å². The third kappa shape index (κ3) is 1.43. The van der Waals surface area contributed by atoms with Gasteiger partial charge in [0.15, 0.2) is 11.5 Å². The van der Waals surface area contributed by atoms with E-state index in [4.69, 9.17) is 14.2 Å². The number of methoxy groups -OCH3 is 1. The Morgan fingerprint density at radius 1 is 1.16 bits per heavy atom. The van der Waals surface area contributed by atoms with Crippen LogP contribution in [0, 0.1) is 0 Å². The van der Waals surface area contributed by atoms with Crippen LogP contribution < -0.4 is 9.47 Å². The molecule has 100 valence electrons. The molecule has 4 heteroatoms. The Balaban J connectivity index is 1.67. The van der Waals surface area contributed by atoms with Crippen LogP contribution in [-0.2, 0) is 14.9 Å². The number of benzene rings is 1. The van der Waals surface area contributed by atoms with Crippen LogP contribution >= 0.6 is 0 Å². The SMILES string of the molecule is COC(=O)C1(c2ccc3c(c2)OC2(CCC2)O3)CC1. The molecule has 2 saturated carbocycles. The Morgan fingerprint density at radius 2 is 1.89 bits per heavy atom. The van der Waals surface area contributed by atoms with E-state index in [-0.39, 0.29) is 5.97 Å². The first-order valence-corrected chi connectivity index (χ1v) is 6.79. The maximum Gasteiger partial charge on any atom is 0.316 e. The van der Waals surface area contributed by atoms with Gasteiger partial charge in [-0.2, -0.15) is 0 Å². The molecular weight excluding hydrogens is 244 g/mol. The van der Waals surface area contributed by atoms with Crippen molar-refractivity contribution in [2.45, 2.75) is 43.3 Å². The second-order valence-corrected chi connectivity index (χ2v) is 5.70. The van der Waals surface area contributed by atoms with Crippen LogP contribution in [0.4, 0.5) is 0 Å². The van der Waals surface area contributed by atoms with Crippen molar-refractivity contribution in [1.29, 1.82) is 0 Å². The Hall–Kier alpha value is -1.71. The molecule has 1 aliphatic heterocycles. The van der Waals surface area contributed by atoms with Crippen molar-refractivity contribution in [1.82, 2.24) is 0 Å². The van der Waals surface area contributed by atoms with Gasteiger partial charge in [0.1, 0.15) is 0 Å². The Kier molecular flexibility index (Phi) is 2.02. The van der Waals surface area contributed by atoms with E-state index in [0.717, 1.165) is 49.2 Å². The van der Waals surface area contributed by atoms with E-state index >= 15 is 0 Å². The standard InChI is InChI=1S/C15H16O4/c1-17-13(16)14(7-8-14)10-3-4-11-12(9-10)19-15(18-11)5-2-6-15/h3-4,9H,2,5-8H2,1H3. The number of ether oxygens (including phenoxy) is 3. The molecule has 0 N–H and O–H groups in total. The lowest BCUT2D eigenvalue weighted by Crippen LogP contribution is -2.45. The summed E-state index contributed by atoms with van der Waals surface area (Å²) in [5.74, 6) is 1.00. The largest absolute Gasteiger partial charge is 0.468 e. The number of esters is 1. The second-order valence-electron chi connectivity index (χ2n) is 5.70. The number of rotatable bonds is 2. The van der Waals surface area contributed by atoms with E-state index in [0.29, 0.717) is 0 Å². The fourth-order valence-corrected chi connectivity index (χ4v) is 2.99. The molecule has 0 aromatic heterocycles. The molecule has 3 aliphatic rings. The van der Waals surface area contributed by atoms with Gasteiger partial charge < -0.3 is 14.2 Å². The molecule has 1 spiro atoms. The zero-order chi connectivity index (χ0) is 13.1. The molecule has 0 amide bonds. The summed E-state index contributed by atoms with van der Waals surface area (Å²) in [6, 6.07) is 5.83. The number of carbonyl (C=O) groups is 1. The molecule has 2 aliphatic carbocycles. The topological polar surface area (TPSA) is 44.8 Å². The molecule has 4 rings (SSSR count). The number of carbonyl (C=O) groups excluding carboxylic acids is 1. The van der Waals surface area contributed by atoms with Crippen molar-refractivity contribution in [3.05, 3.63) is 23.8 Å². The van der Waals surface area contributed by atoms with E-state index in [9.17, 15) is 4.79 Å². The summed E-state index contributed by atoms with van der Waals surface area (Å²) in [5, 5.41) is 0. The van der Waals surface area contributed by atoms with E-state index in [1.807, 2.05) is 18.2 Å². The van der Waals surface area contributed by atoms with Crippen LogP contribution in [-0.4, -0.2) is 18.9 Å². The Labute approximate surface area is 111 Å². The van der Waals surface area contributed by atoms with Crippen LogP contribution in [0.5, 0.6) is 11.5 Å². The minimum atomic E-state index is -0.442. The van der Waals surface area contributed by atoms with Crippen LogP contribution in [0.15, 0.2) is 18.2 Å². The van der Waals surface area contributed by atoms with E-state index in [1.54, 1.807) is 0 Å². The number of fused-ring (bicyclic) bond motifs is 1. The Morgan fingerprint density at radius 3 is 2.47 bits per heavy atom. The highest BCUT2D eigenvalue weighted by Crippen LogP contribution is 2.53. The summed E-state index contributed by atoms with van der Waals surface area (Å²) in [4.78, 5) is 11.9. The van der Waals surface area contributed by atoms with Crippen molar-refractivity contribution in [3.63, 3.8) is 0 Å². The van der Waals surface area contributed by atoms with Crippen molar-refractivity contribution in [2.24, 2.45) is 0 Å². The van der Waals surface area contributed by atoms with Gasteiger partial charge in [-0.1, -0.05) is 6.07 Å². The van der Waals surface area contributed by atoms with Crippen LogP contribution in [0.25, 0.3) is 0 Å². The van der Waals surface area contributed by atoms with E-state index < -0.39 is 11.2 Å². The molecule has 2 fully saturated rings. The van der Waals surface area contributed by atoms with Gasteiger partial charge in [-0.05, 0) is 37.0 Å². The van der Waals surface area contributed by atoms with Gasteiger partial charge in [-0.3, -0.25) is 4.79 Å². The minimum Gasteiger partial charge on any atom is -0.468 e. The first-order valence-electron chi connectivity index (χ1n) is 6.79. The fourth-order valence-electron chi connectivity index (χ4n) is 2.99. The molecular formula is C15H16O4. The third-order valence-electron chi connectivity index (χ3n) is 4.53. The van der Waals surface area contributed by atoms with Crippen LogP contribution in [0.3, 0.4) is 0 Å². The van der Waals surface area contributed by atoms with Crippen LogP contribution in [0.2, 0.25) is 0 Å². The molecule has 4 nitrogen and oxygen atoms in total. The quantitative estimate of drug-likeness (QED) is 0.766. The molecule has 0 bridgehead atoms. The molecule has 0 radical (unpaired) electrons. The normalized spacial score (nSPS) is 23.8. The summed E-state index contributed by atoms with van der Waals surface area (Å²) >= 11 is 0. The highest BCUT2D eigenvalue weighted by molar-refractivity contribution is 5.86. The van der Waals surface area contributed by atoms with Crippen LogP contribution in [0.1, 0.15) is 37.7 Å². The average Bonchev–Trinajstić information content (AvgIpc) is 3.10. The minimum absolute atomic E-state index is 0.148. The van der Waals surface area contributed by atoms with Gasteiger partial charge in [0, 0.05) is 12.8 Å². The molecule has 0 unspecified atom stereocenters. The summed E-state index contributed by atoms with van der Waals surface area (Å²) in [7, 11) is 1.44. The van der Waals surface area contributed by atoms with E-state index in [2.05, 4.69) is 0 Å². The Bertz CT molecular complexity index is 555. The summed E-state index contributed by atoms with van der Waals surface area (Å²) in [5.41, 5.74) is 0.542. The monoisotopic (exact) mass is 260 g/mol. The zero-order valence-electron chi connectivity index (χ0n) is 10.9. The number of hydrogen-bond donors (Lipinski definition) is 0. The predicted octanol–water partition coefficient (Wildman–Crippen LogP) is 2.54. The van der Waals surface area contributed by atoms with Gasteiger partial charge in [-0.25, -0.2) is 0 Å². The first kappa shape index (κ1) is 11.1. The lowest BCUT2D eigenvalue weighted by molar-refractivity contribution is -0.143. The summed E-state index contributed by atoms with van der Waals surface area (Å²) < 4.78 is 16.7. The van der Waals surface area contributed by atoms with Gasteiger partial charge in [0.25, 0.3) is 5.79 Å². The molecule has 1 aromatic carbocycles. The van der Waals surface area contributed by atoms with Gasteiger partial charge in [0.05, 0.1) is 12.5 Å². The third-order valence-corrected chi connectivity index (χ3v) is 4.53. The highest BCUT2D eigenvalue weighted by Gasteiger charge is 2.54. The first-order chi connectivity index (χ1) is 9.17. The van der Waals surface area contributed by atoms with Crippen molar-refractivity contribution in [2.75, 3.05) is 7.11 Å². The van der Waals surface area contributed by atoms with Crippen molar-refractivity contribution < 1.29 is 19.0 Å². The van der Waals surface area contributed by atoms with Crippen molar-refractivity contribution in [3.8, 4) is 11.5 Å². The molecule has 0 saturated heterocycles. The second kappa shape index (κ2) is 3.44. The smallest absolute Gasteiger partial charge is 0.316 e. The predicted molar refractivity (Wildman–Crippen MR) is 67.2 cm³/mol. The lowest BCUT2D eigenvalue weighted by Gasteiger charge is -2.35. The average molecular weight is 260 g/mol. The molecule has 1 heterocycles. The maximum absolute atomic E-state index is 11.9. The molecule has 1 aromatic rings. The fraction of sp³-hybridized carbons (Fsp3) is 0.533. The van der Waals surface area contributed by atoms with Gasteiger partial charge >= 0.3 is 5.97 Å². The highest BCUT2D eigenvalue weighted by atomic mass is 16.7. The zero-order valence-corrected chi connectivity index (χ0v) is 10.9. The molecule has 0 atom stereocenters. The molecule has 19 heavy (non-hydrogen) atoms. The summed E-state index contributed by atoms with van der Waals surface area (Å²) in [6.07, 6.45) is 4.74. The number of hydrogen-bond acceptors (Lipinski definition) is 4. The van der Waals surface area contributed by atoms with Gasteiger partial charge in [0.2, 0.25) is 0 Å². The summed E-state index contributed by atoms with van der Waals surface area (Å²) in [6.45, 7) is 0. The van der Waals surface area contributed by atoms with Crippen molar-refractivity contribution >= 4 is 5.97 Å².